The maximum Gasteiger partial charge on any atom is 0.407 e. The van der Waals surface area contributed by atoms with Gasteiger partial charge in [-0.05, 0) is 67.7 Å². The summed E-state index contributed by atoms with van der Waals surface area (Å²) in [5, 5.41) is 5.85. The number of fused-ring (bicyclic) bond motifs is 1. The summed E-state index contributed by atoms with van der Waals surface area (Å²) in [5.74, 6) is -0.0894. The molecule has 0 radical (unpaired) electrons. The van der Waals surface area contributed by atoms with E-state index in [1.165, 1.54) is 12.1 Å². The predicted octanol–water partition coefficient (Wildman–Crippen LogP) is 3.46. The predicted molar refractivity (Wildman–Crippen MR) is 90.4 cm³/mol. The van der Waals surface area contributed by atoms with Gasteiger partial charge in [-0.25, -0.2) is 9.18 Å². The number of carbonyl (C=O) groups excluding carboxylic acids is 2. The number of hydrogen-bond acceptors (Lipinski definition) is 3. The molecular formula is C19H23FN2O3. The van der Waals surface area contributed by atoms with E-state index in [0.29, 0.717) is 11.6 Å². The van der Waals surface area contributed by atoms with Gasteiger partial charge >= 0.3 is 6.09 Å². The summed E-state index contributed by atoms with van der Waals surface area (Å²) in [4.78, 5) is 24.4. The third-order valence-electron chi connectivity index (χ3n) is 6.06. The molecule has 5 nitrogen and oxygen atoms in total. The van der Waals surface area contributed by atoms with Gasteiger partial charge in [0.15, 0.2) is 0 Å². The number of nitrogens with one attached hydrogen (secondary N) is 2. The number of hydrogen-bond donors (Lipinski definition) is 2. The fourth-order valence-electron chi connectivity index (χ4n) is 4.32. The van der Waals surface area contributed by atoms with Crippen LogP contribution in [-0.2, 0) is 9.53 Å². The van der Waals surface area contributed by atoms with E-state index in [9.17, 15) is 14.0 Å². The molecule has 134 valence electrons. The first-order valence-corrected chi connectivity index (χ1v) is 8.99. The standard InChI is InChI=1S/C19H23FN2O3/c1-11(17(23)21-14-4-2-13(20)3-5-14)19-8-12(9-19)16(10-19)22-18(24)25-15-6-7-15/h2-5,11-12,15-16H,6-10H2,1H3,(H,21,23)(H,22,24)/t11-,12?,16+,19?/m1/s1. The van der Waals surface area contributed by atoms with Gasteiger partial charge in [0.1, 0.15) is 11.9 Å². The van der Waals surface area contributed by atoms with E-state index in [1.54, 1.807) is 12.1 Å². The highest BCUT2D eigenvalue weighted by Crippen LogP contribution is 2.62. The van der Waals surface area contributed by atoms with Crippen molar-refractivity contribution in [3.63, 3.8) is 0 Å². The van der Waals surface area contributed by atoms with Crippen molar-refractivity contribution in [1.82, 2.24) is 5.32 Å². The molecule has 2 atom stereocenters. The van der Waals surface area contributed by atoms with Crippen molar-refractivity contribution in [3.05, 3.63) is 30.1 Å². The zero-order chi connectivity index (χ0) is 17.6. The van der Waals surface area contributed by atoms with E-state index >= 15 is 0 Å². The van der Waals surface area contributed by atoms with Gasteiger partial charge in [-0.2, -0.15) is 0 Å². The van der Waals surface area contributed by atoms with Crippen LogP contribution in [0.2, 0.25) is 0 Å². The zero-order valence-corrected chi connectivity index (χ0v) is 14.3. The van der Waals surface area contributed by atoms with E-state index in [2.05, 4.69) is 10.6 Å². The lowest BCUT2D eigenvalue weighted by Gasteiger charge is -2.42. The van der Waals surface area contributed by atoms with Gasteiger partial charge in [-0.1, -0.05) is 6.92 Å². The Hall–Kier alpha value is -2.11. The number of anilines is 1. The van der Waals surface area contributed by atoms with Crippen molar-refractivity contribution in [2.24, 2.45) is 17.3 Å². The Bertz CT molecular complexity index is 680. The molecule has 1 aromatic rings. The zero-order valence-electron chi connectivity index (χ0n) is 14.3. The molecule has 2 amide bonds. The number of rotatable bonds is 5. The van der Waals surface area contributed by atoms with E-state index in [-0.39, 0.29) is 41.3 Å². The minimum absolute atomic E-state index is 0.0493. The first-order chi connectivity index (χ1) is 11.9. The highest BCUT2D eigenvalue weighted by molar-refractivity contribution is 5.93. The van der Waals surface area contributed by atoms with Crippen molar-refractivity contribution in [3.8, 4) is 0 Å². The van der Waals surface area contributed by atoms with Crippen LogP contribution in [0, 0.1) is 23.1 Å². The molecule has 0 saturated heterocycles. The molecule has 4 saturated carbocycles. The lowest BCUT2D eigenvalue weighted by molar-refractivity contribution is -0.125. The second-order valence-corrected chi connectivity index (χ2v) is 7.81. The smallest absolute Gasteiger partial charge is 0.407 e. The Morgan fingerprint density at radius 3 is 2.52 bits per heavy atom. The van der Waals surface area contributed by atoms with Crippen molar-refractivity contribution in [2.75, 3.05) is 5.32 Å². The third-order valence-corrected chi connectivity index (χ3v) is 6.06. The molecule has 4 fully saturated rings. The molecule has 4 aliphatic rings. The number of carbonyl (C=O) groups is 2. The number of ether oxygens (including phenoxy) is 1. The molecular weight excluding hydrogens is 323 g/mol. The molecule has 0 aromatic heterocycles. The summed E-state index contributed by atoms with van der Waals surface area (Å²) in [6, 6.07) is 5.90. The van der Waals surface area contributed by atoms with Crippen molar-refractivity contribution >= 4 is 17.7 Å². The minimum Gasteiger partial charge on any atom is -0.446 e. The Balaban J connectivity index is 1.33. The highest BCUT2D eigenvalue weighted by atomic mass is 19.1. The summed E-state index contributed by atoms with van der Waals surface area (Å²) in [5.41, 5.74) is 0.554. The molecule has 4 aliphatic carbocycles. The summed E-state index contributed by atoms with van der Waals surface area (Å²) in [6.45, 7) is 1.94. The van der Waals surface area contributed by atoms with E-state index in [4.69, 9.17) is 4.74 Å². The minimum atomic E-state index is -0.325. The van der Waals surface area contributed by atoms with E-state index < -0.39 is 0 Å². The van der Waals surface area contributed by atoms with Crippen molar-refractivity contribution in [2.45, 2.75) is 51.2 Å². The molecule has 2 bridgehead atoms. The van der Waals surface area contributed by atoms with Gasteiger partial charge in [0.2, 0.25) is 5.91 Å². The second kappa shape index (κ2) is 6.00. The van der Waals surface area contributed by atoms with Gasteiger partial charge in [0, 0.05) is 17.6 Å². The van der Waals surface area contributed by atoms with Crippen LogP contribution in [0.3, 0.4) is 0 Å². The van der Waals surface area contributed by atoms with Crippen LogP contribution >= 0.6 is 0 Å². The first kappa shape index (κ1) is 16.4. The largest absolute Gasteiger partial charge is 0.446 e. The Kier molecular flexibility index (Phi) is 3.93. The first-order valence-electron chi connectivity index (χ1n) is 8.99. The lowest BCUT2D eigenvalue weighted by Crippen LogP contribution is -2.41. The molecule has 0 spiro atoms. The summed E-state index contributed by atoms with van der Waals surface area (Å²) in [7, 11) is 0. The molecule has 0 heterocycles. The van der Waals surface area contributed by atoms with Gasteiger partial charge < -0.3 is 15.4 Å². The summed E-state index contributed by atoms with van der Waals surface area (Å²) >= 11 is 0. The Morgan fingerprint density at radius 2 is 1.88 bits per heavy atom. The Labute approximate surface area is 146 Å². The monoisotopic (exact) mass is 346 g/mol. The molecule has 2 N–H and O–H groups in total. The van der Waals surface area contributed by atoms with Crippen LogP contribution in [0.4, 0.5) is 14.9 Å². The normalized spacial score (nSPS) is 31.0. The van der Waals surface area contributed by atoms with Crippen molar-refractivity contribution < 1.29 is 18.7 Å². The molecule has 25 heavy (non-hydrogen) atoms. The van der Waals surface area contributed by atoms with Crippen LogP contribution in [0.1, 0.15) is 39.0 Å². The SMILES string of the molecule is C[C@H](C(=O)Nc1ccc(F)cc1)C12CC(C1)[C@@H](NC(=O)OC1CC1)C2. The second-order valence-electron chi connectivity index (χ2n) is 7.81. The summed E-state index contributed by atoms with van der Waals surface area (Å²) < 4.78 is 18.2. The molecule has 0 aliphatic heterocycles. The average Bonchev–Trinajstić information content (AvgIpc) is 3.18. The maximum absolute atomic E-state index is 13.0. The van der Waals surface area contributed by atoms with Gasteiger partial charge in [0.25, 0.3) is 0 Å². The number of alkyl carbamates (subject to hydrolysis) is 1. The van der Waals surface area contributed by atoms with Crippen molar-refractivity contribution in [1.29, 1.82) is 0 Å². The van der Waals surface area contributed by atoms with Gasteiger partial charge in [-0.15, -0.1) is 0 Å². The van der Waals surface area contributed by atoms with Crippen LogP contribution in [0.5, 0.6) is 0 Å². The number of benzene rings is 1. The van der Waals surface area contributed by atoms with Crippen LogP contribution in [-0.4, -0.2) is 24.1 Å². The lowest BCUT2D eigenvalue weighted by atomic mass is 9.62. The fourth-order valence-corrected chi connectivity index (χ4v) is 4.32. The summed E-state index contributed by atoms with van der Waals surface area (Å²) in [6.07, 6.45) is 4.44. The molecule has 5 rings (SSSR count). The molecule has 0 unspecified atom stereocenters. The molecule has 6 heteroatoms. The molecule has 1 aromatic carbocycles. The highest BCUT2D eigenvalue weighted by Gasteiger charge is 2.60. The van der Waals surface area contributed by atoms with Crippen LogP contribution in [0.15, 0.2) is 24.3 Å². The average molecular weight is 346 g/mol. The quantitative estimate of drug-likeness (QED) is 0.858. The fraction of sp³-hybridized carbons (Fsp3) is 0.579. The van der Waals surface area contributed by atoms with E-state index in [0.717, 1.165) is 32.1 Å². The maximum atomic E-state index is 13.0. The number of amides is 2. The van der Waals surface area contributed by atoms with Gasteiger partial charge in [0.05, 0.1) is 0 Å². The van der Waals surface area contributed by atoms with Gasteiger partial charge in [-0.3, -0.25) is 4.79 Å². The van der Waals surface area contributed by atoms with E-state index in [1.807, 2.05) is 6.92 Å². The Morgan fingerprint density at radius 1 is 1.20 bits per heavy atom. The topological polar surface area (TPSA) is 67.4 Å². The van der Waals surface area contributed by atoms with Crippen LogP contribution < -0.4 is 10.6 Å². The third kappa shape index (κ3) is 3.22. The van der Waals surface area contributed by atoms with Crippen LogP contribution in [0.25, 0.3) is 0 Å². The number of halogens is 1.